The molecule has 250 valence electrons. The topological polar surface area (TPSA) is 15.3 Å². The Kier molecular flexibility index (Phi) is 7.07. The average Bonchev–Trinajstić information content (AvgIpc) is 3.92. The first kappa shape index (κ1) is 30.5. The first-order valence-corrected chi connectivity index (χ1v) is 19.7. The minimum absolute atomic E-state index is 0.230. The number of benzene rings is 8. The third-order valence-electron chi connectivity index (χ3n) is 10.7. The zero-order valence-electron chi connectivity index (χ0n) is 28.7. The number of nitrogens with zero attached hydrogens (tertiary/aromatic N) is 1. The molecule has 2 nitrogen and oxygen atoms in total. The second-order valence-corrected chi connectivity index (χ2v) is 15.9. The van der Waals surface area contributed by atoms with Gasteiger partial charge in [-0.05, 0) is 87.3 Å². The van der Waals surface area contributed by atoms with Crippen LogP contribution in [0.25, 0.3) is 63.8 Å². The number of thiophene rings is 1. The Morgan fingerprint density at radius 2 is 1.06 bits per heavy atom. The van der Waals surface area contributed by atoms with Gasteiger partial charge < -0.3 is 10.2 Å². The van der Waals surface area contributed by atoms with E-state index in [-0.39, 0.29) is 5.37 Å². The third-order valence-corrected chi connectivity index (χ3v) is 13.1. The van der Waals surface area contributed by atoms with Crippen molar-refractivity contribution in [1.82, 2.24) is 5.32 Å². The largest absolute Gasteiger partial charge is 0.368 e. The molecular formula is C49H32N2S2. The molecule has 1 aliphatic heterocycles. The van der Waals surface area contributed by atoms with Crippen LogP contribution in [0.4, 0.5) is 17.1 Å². The van der Waals surface area contributed by atoms with Crippen molar-refractivity contribution in [3.8, 4) is 22.3 Å². The van der Waals surface area contributed by atoms with Crippen LogP contribution in [0.3, 0.4) is 0 Å². The fourth-order valence-corrected chi connectivity index (χ4v) is 10.5. The molecule has 4 heteroatoms. The van der Waals surface area contributed by atoms with Crippen molar-refractivity contribution >= 4 is 81.7 Å². The van der Waals surface area contributed by atoms with E-state index in [4.69, 9.17) is 0 Å². The number of anilines is 3. The molecule has 2 aliphatic rings. The van der Waals surface area contributed by atoms with Crippen molar-refractivity contribution in [2.24, 2.45) is 0 Å². The summed E-state index contributed by atoms with van der Waals surface area (Å²) in [6.07, 6.45) is 0. The summed E-state index contributed by atoms with van der Waals surface area (Å²) in [5, 5.41) is 9.33. The molecule has 1 atom stereocenters. The van der Waals surface area contributed by atoms with E-state index in [1.54, 1.807) is 0 Å². The van der Waals surface area contributed by atoms with Gasteiger partial charge in [-0.2, -0.15) is 0 Å². The first-order valence-electron chi connectivity index (χ1n) is 18.0. The van der Waals surface area contributed by atoms with Crippen molar-refractivity contribution in [2.75, 3.05) is 4.90 Å². The Morgan fingerprint density at radius 3 is 1.85 bits per heavy atom. The first-order chi connectivity index (χ1) is 26.3. The number of thioether (sulfide) groups is 1. The molecule has 0 radical (unpaired) electrons. The predicted octanol–water partition coefficient (Wildman–Crippen LogP) is 14.2. The Labute approximate surface area is 316 Å². The molecule has 0 saturated heterocycles. The Morgan fingerprint density at radius 1 is 0.434 bits per heavy atom. The zero-order chi connectivity index (χ0) is 34.9. The van der Waals surface area contributed by atoms with Crippen LogP contribution >= 0.6 is 23.1 Å². The van der Waals surface area contributed by atoms with Crippen LogP contribution in [0.15, 0.2) is 182 Å². The molecule has 0 bridgehead atoms. The summed E-state index contributed by atoms with van der Waals surface area (Å²) in [5.74, 6) is 0. The van der Waals surface area contributed by atoms with Crippen LogP contribution < -0.4 is 10.2 Å². The minimum atomic E-state index is 0.230. The van der Waals surface area contributed by atoms with Gasteiger partial charge in [-0.1, -0.05) is 145 Å². The second-order valence-electron chi connectivity index (χ2n) is 13.7. The van der Waals surface area contributed by atoms with Crippen molar-refractivity contribution in [1.29, 1.82) is 0 Å². The summed E-state index contributed by atoms with van der Waals surface area (Å²) < 4.78 is 2.63. The highest BCUT2D eigenvalue weighted by molar-refractivity contribution is 8.09. The maximum Gasteiger partial charge on any atom is 0.103 e. The lowest BCUT2D eigenvalue weighted by atomic mass is 9.94. The van der Waals surface area contributed by atoms with Crippen LogP contribution in [-0.4, -0.2) is 0 Å². The highest BCUT2D eigenvalue weighted by Gasteiger charge is 2.34. The molecule has 1 unspecified atom stereocenters. The molecule has 0 amide bonds. The van der Waals surface area contributed by atoms with E-state index in [0.717, 1.165) is 17.1 Å². The van der Waals surface area contributed by atoms with Crippen LogP contribution in [0.5, 0.6) is 0 Å². The maximum atomic E-state index is 3.86. The van der Waals surface area contributed by atoms with Crippen LogP contribution in [0.2, 0.25) is 0 Å². The third kappa shape index (κ3) is 5.02. The van der Waals surface area contributed by atoms with Gasteiger partial charge in [0, 0.05) is 53.1 Å². The molecule has 1 aliphatic carbocycles. The molecule has 11 rings (SSSR count). The Hall–Kier alpha value is -6.07. The van der Waals surface area contributed by atoms with Crippen molar-refractivity contribution in [2.45, 2.75) is 5.37 Å². The monoisotopic (exact) mass is 712 g/mol. The van der Waals surface area contributed by atoms with E-state index in [9.17, 15) is 0 Å². The predicted molar refractivity (Wildman–Crippen MR) is 229 cm³/mol. The molecule has 9 aromatic rings. The minimum Gasteiger partial charge on any atom is -0.368 e. The Bertz CT molecular complexity index is 2850. The Balaban J connectivity index is 0.979. The van der Waals surface area contributed by atoms with Gasteiger partial charge in [0.1, 0.15) is 5.37 Å². The highest BCUT2D eigenvalue weighted by Crippen LogP contribution is 2.56. The number of hydrogen-bond donors (Lipinski definition) is 1. The van der Waals surface area contributed by atoms with Crippen LogP contribution in [0.1, 0.15) is 22.1 Å². The summed E-state index contributed by atoms with van der Waals surface area (Å²) in [6.45, 7) is 0. The van der Waals surface area contributed by atoms with Gasteiger partial charge in [0.05, 0.1) is 5.70 Å². The smallest absolute Gasteiger partial charge is 0.103 e. The summed E-state index contributed by atoms with van der Waals surface area (Å²) in [7, 11) is 0. The maximum absolute atomic E-state index is 3.86. The molecule has 1 aromatic heterocycles. The number of hydrogen-bond acceptors (Lipinski definition) is 4. The molecular weight excluding hydrogens is 681 g/mol. The van der Waals surface area contributed by atoms with E-state index in [2.05, 4.69) is 192 Å². The normalized spacial score (nSPS) is 14.6. The molecule has 8 aromatic carbocycles. The van der Waals surface area contributed by atoms with E-state index < -0.39 is 0 Å². The van der Waals surface area contributed by atoms with E-state index in [1.807, 2.05) is 23.1 Å². The second kappa shape index (κ2) is 12.3. The lowest BCUT2D eigenvalue weighted by molar-refractivity contribution is 0.882. The molecule has 2 heterocycles. The summed E-state index contributed by atoms with van der Waals surface area (Å²) in [4.78, 5) is 3.74. The zero-order valence-corrected chi connectivity index (χ0v) is 30.3. The number of fused-ring (bicyclic) bond motifs is 5. The molecule has 0 saturated carbocycles. The van der Waals surface area contributed by atoms with Gasteiger partial charge in [0.2, 0.25) is 0 Å². The molecule has 0 spiro atoms. The van der Waals surface area contributed by atoms with Crippen molar-refractivity contribution in [3.05, 3.63) is 199 Å². The summed E-state index contributed by atoms with van der Waals surface area (Å²) >= 11 is 3.79. The van der Waals surface area contributed by atoms with E-state index in [1.165, 1.54) is 80.5 Å². The quantitative estimate of drug-likeness (QED) is 0.185. The van der Waals surface area contributed by atoms with Gasteiger partial charge >= 0.3 is 0 Å². The average molecular weight is 713 g/mol. The number of rotatable bonds is 6. The standard InChI is InChI=1S/C49H32N2S2/c1-3-10-31(11-4-1)32-18-22-35(23-19-32)51(37-26-29-45-43(30-37)39-14-7-8-17-44(39)52-45)36-24-20-33(21-25-36)38-27-28-42-46-40(38)15-9-16-41(46)47-48(42)53-49(50-47)34-12-5-2-6-13-34/h1-30,49-50H. The fraction of sp³-hybridized carbons (Fsp3) is 0.0204. The number of nitrogens with one attached hydrogen (secondary N) is 1. The van der Waals surface area contributed by atoms with Gasteiger partial charge in [-0.25, -0.2) is 0 Å². The molecule has 53 heavy (non-hydrogen) atoms. The fourth-order valence-electron chi connectivity index (χ4n) is 8.16. The summed E-state index contributed by atoms with van der Waals surface area (Å²) in [6, 6.07) is 66.5. The SMILES string of the molecule is c1ccc(-c2ccc(N(c3ccc(-c4ccc5c6c(cccc46)C4=C5SC(c5ccccc5)N4)cc3)c3ccc4sc5ccccc5c4c3)cc2)cc1. The van der Waals surface area contributed by atoms with Gasteiger partial charge in [-0.15, -0.1) is 11.3 Å². The van der Waals surface area contributed by atoms with Crippen molar-refractivity contribution < 1.29 is 0 Å². The van der Waals surface area contributed by atoms with Gasteiger partial charge in [0.15, 0.2) is 0 Å². The lowest BCUT2D eigenvalue weighted by Gasteiger charge is -2.26. The lowest BCUT2D eigenvalue weighted by Crippen LogP contribution is -2.11. The van der Waals surface area contributed by atoms with Crippen LogP contribution in [-0.2, 0) is 0 Å². The van der Waals surface area contributed by atoms with Gasteiger partial charge in [0.25, 0.3) is 0 Å². The van der Waals surface area contributed by atoms with Crippen LogP contribution in [0, 0.1) is 0 Å². The van der Waals surface area contributed by atoms with Gasteiger partial charge in [-0.3, -0.25) is 0 Å². The van der Waals surface area contributed by atoms with E-state index in [0.29, 0.717) is 0 Å². The summed E-state index contributed by atoms with van der Waals surface area (Å²) in [5.41, 5.74) is 13.5. The molecule has 0 fully saturated rings. The molecule has 1 N–H and O–H groups in total. The van der Waals surface area contributed by atoms with E-state index >= 15 is 0 Å². The van der Waals surface area contributed by atoms with Crippen molar-refractivity contribution in [3.63, 3.8) is 0 Å². The highest BCUT2D eigenvalue weighted by atomic mass is 32.2.